The van der Waals surface area contributed by atoms with E-state index in [2.05, 4.69) is 164 Å². The maximum atomic E-state index is 5.37. The summed E-state index contributed by atoms with van der Waals surface area (Å²) in [6.07, 6.45) is 0. The summed E-state index contributed by atoms with van der Waals surface area (Å²) in [5.74, 6) is 0.726. The Bertz CT molecular complexity index is 2580. The summed E-state index contributed by atoms with van der Waals surface area (Å²) in [5.41, 5.74) is 7.35. The van der Waals surface area contributed by atoms with Crippen molar-refractivity contribution in [3.8, 4) is 45.0 Å². The van der Waals surface area contributed by atoms with E-state index in [1.54, 1.807) is 0 Å². The Hall–Kier alpha value is -6.12. The van der Waals surface area contributed by atoms with Crippen molar-refractivity contribution in [1.29, 1.82) is 0 Å². The normalized spacial score (nSPS) is 11.5. The molecule has 1 heterocycles. The quantitative estimate of drug-likeness (QED) is 0.152. The van der Waals surface area contributed by atoms with Crippen LogP contribution in [0.3, 0.4) is 0 Å². The van der Waals surface area contributed by atoms with Crippen molar-refractivity contribution in [1.82, 2.24) is 9.97 Å². The second-order valence-electron chi connectivity index (χ2n) is 11.8. The van der Waals surface area contributed by atoms with Crippen LogP contribution in [-0.2, 0) is 0 Å². The smallest absolute Gasteiger partial charge is 0.161 e. The lowest BCUT2D eigenvalue weighted by Crippen LogP contribution is -1.98. The fourth-order valence-corrected chi connectivity index (χ4v) is 6.85. The van der Waals surface area contributed by atoms with Gasteiger partial charge in [-0.3, -0.25) is 0 Å². The van der Waals surface area contributed by atoms with Gasteiger partial charge in [-0.15, -0.1) is 0 Å². The summed E-state index contributed by atoms with van der Waals surface area (Å²) in [4.78, 5) is 10.7. The van der Waals surface area contributed by atoms with Gasteiger partial charge < -0.3 is 0 Å². The molecule has 8 aromatic carbocycles. The number of benzene rings is 8. The van der Waals surface area contributed by atoms with Crippen LogP contribution >= 0.6 is 0 Å². The Morgan fingerprint density at radius 2 is 0.891 bits per heavy atom. The average molecular weight is 585 g/mol. The van der Waals surface area contributed by atoms with Crippen molar-refractivity contribution in [2.24, 2.45) is 0 Å². The van der Waals surface area contributed by atoms with Crippen molar-refractivity contribution in [2.75, 3.05) is 0 Å². The minimum absolute atomic E-state index is 0.726. The van der Waals surface area contributed by atoms with E-state index in [1.807, 2.05) is 6.07 Å². The van der Waals surface area contributed by atoms with Gasteiger partial charge in [0, 0.05) is 16.7 Å². The van der Waals surface area contributed by atoms with Gasteiger partial charge in [0.25, 0.3) is 0 Å². The van der Waals surface area contributed by atoms with E-state index in [0.29, 0.717) is 0 Å². The molecule has 0 aliphatic carbocycles. The Morgan fingerprint density at radius 3 is 1.72 bits per heavy atom. The Labute approximate surface area is 267 Å². The van der Waals surface area contributed by atoms with Crippen molar-refractivity contribution < 1.29 is 0 Å². The third-order valence-corrected chi connectivity index (χ3v) is 9.05. The molecule has 0 aliphatic heterocycles. The van der Waals surface area contributed by atoms with Crippen LogP contribution in [0.4, 0.5) is 0 Å². The number of fused-ring (bicyclic) bond motifs is 5. The molecule has 46 heavy (non-hydrogen) atoms. The summed E-state index contributed by atoms with van der Waals surface area (Å²) >= 11 is 0. The summed E-state index contributed by atoms with van der Waals surface area (Å²) in [7, 11) is 0. The van der Waals surface area contributed by atoms with Gasteiger partial charge in [0.05, 0.1) is 11.4 Å². The first-order valence-corrected chi connectivity index (χ1v) is 15.7. The van der Waals surface area contributed by atoms with Gasteiger partial charge >= 0.3 is 0 Å². The topological polar surface area (TPSA) is 25.8 Å². The first kappa shape index (κ1) is 26.3. The predicted octanol–water partition coefficient (Wildman–Crippen LogP) is 11.8. The molecular formula is C44H28N2. The van der Waals surface area contributed by atoms with Gasteiger partial charge in [-0.05, 0) is 72.4 Å². The number of rotatable bonds is 4. The molecular weight excluding hydrogens is 556 g/mol. The lowest BCUT2D eigenvalue weighted by atomic mass is 9.92. The number of nitrogens with zero attached hydrogens (tertiary/aromatic N) is 2. The summed E-state index contributed by atoms with van der Waals surface area (Å²) in [6.45, 7) is 0. The maximum Gasteiger partial charge on any atom is 0.161 e. The Morgan fingerprint density at radius 1 is 0.304 bits per heavy atom. The molecule has 0 fully saturated rings. The highest BCUT2D eigenvalue weighted by molar-refractivity contribution is 6.19. The predicted molar refractivity (Wildman–Crippen MR) is 194 cm³/mol. The molecule has 0 unspecified atom stereocenters. The van der Waals surface area contributed by atoms with Crippen LogP contribution in [0.25, 0.3) is 88.1 Å². The van der Waals surface area contributed by atoms with E-state index in [-0.39, 0.29) is 0 Å². The summed E-state index contributed by atoms with van der Waals surface area (Å²) in [5, 5.41) is 9.61. The molecule has 0 aliphatic rings. The van der Waals surface area contributed by atoms with E-state index < -0.39 is 0 Å². The first-order valence-electron chi connectivity index (χ1n) is 15.7. The van der Waals surface area contributed by atoms with Crippen molar-refractivity contribution in [3.63, 3.8) is 0 Å². The van der Waals surface area contributed by atoms with Gasteiger partial charge in [-0.25, -0.2) is 9.97 Å². The van der Waals surface area contributed by atoms with E-state index >= 15 is 0 Å². The van der Waals surface area contributed by atoms with Crippen LogP contribution in [0.1, 0.15) is 0 Å². The molecule has 1 aromatic heterocycles. The molecule has 0 saturated carbocycles. The molecule has 2 nitrogen and oxygen atoms in total. The molecule has 0 amide bonds. The van der Waals surface area contributed by atoms with Crippen LogP contribution in [0, 0.1) is 0 Å². The molecule has 214 valence electrons. The van der Waals surface area contributed by atoms with Crippen LogP contribution in [0.2, 0.25) is 0 Å². The van der Waals surface area contributed by atoms with E-state index in [9.17, 15) is 0 Å². The Balaban J connectivity index is 1.32. The lowest BCUT2D eigenvalue weighted by Gasteiger charge is -2.15. The highest BCUT2D eigenvalue weighted by Crippen LogP contribution is 2.40. The van der Waals surface area contributed by atoms with Gasteiger partial charge in [0.2, 0.25) is 0 Å². The fourth-order valence-electron chi connectivity index (χ4n) is 6.85. The van der Waals surface area contributed by atoms with Crippen LogP contribution in [0.15, 0.2) is 170 Å². The van der Waals surface area contributed by atoms with Crippen LogP contribution in [-0.4, -0.2) is 9.97 Å². The molecule has 0 spiro atoms. The Kier molecular flexibility index (Phi) is 6.17. The molecule has 9 aromatic rings. The zero-order chi connectivity index (χ0) is 30.5. The fraction of sp³-hybridized carbons (Fsp3) is 0. The van der Waals surface area contributed by atoms with E-state index in [1.165, 1.54) is 37.9 Å². The van der Waals surface area contributed by atoms with E-state index in [0.717, 1.165) is 50.2 Å². The zero-order valence-corrected chi connectivity index (χ0v) is 25.1. The third-order valence-electron chi connectivity index (χ3n) is 9.05. The highest BCUT2D eigenvalue weighted by Gasteiger charge is 2.17. The first-order chi connectivity index (χ1) is 22.8. The largest absolute Gasteiger partial charge is 0.228 e. The monoisotopic (exact) mass is 584 g/mol. The molecule has 0 radical (unpaired) electrons. The molecule has 9 rings (SSSR count). The van der Waals surface area contributed by atoms with Gasteiger partial charge in [-0.2, -0.15) is 0 Å². The zero-order valence-electron chi connectivity index (χ0n) is 25.1. The second kappa shape index (κ2) is 10.8. The third kappa shape index (κ3) is 4.43. The number of aromatic nitrogens is 2. The highest BCUT2D eigenvalue weighted by atomic mass is 14.9. The van der Waals surface area contributed by atoms with Gasteiger partial charge in [-0.1, -0.05) is 152 Å². The standard InChI is InChI=1S/C44H28N2/c1-2-14-31(15-3-1)41-28-42(34-19-10-18-32(26-34)37-23-11-17-29-12-4-7-20-35(29)37)46-44(45-41)43-38-22-9-6-16-33(38)27-40-36-21-8-5-13-30(36)24-25-39(40)43/h1-28H. The minimum Gasteiger partial charge on any atom is -0.228 e. The van der Waals surface area contributed by atoms with Gasteiger partial charge in [0.1, 0.15) is 0 Å². The lowest BCUT2D eigenvalue weighted by molar-refractivity contribution is 1.19. The second-order valence-corrected chi connectivity index (χ2v) is 11.8. The van der Waals surface area contributed by atoms with Gasteiger partial charge in [0.15, 0.2) is 5.82 Å². The van der Waals surface area contributed by atoms with Crippen molar-refractivity contribution in [3.05, 3.63) is 170 Å². The SMILES string of the molecule is c1ccc(-c2cc(-c3cccc(-c4cccc5ccccc45)c3)nc(-c3c4ccccc4cc4c3ccc3ccccc34)n2)cc1. The molecule has 0 bridgehead atoms. The minimum atomic E-state index is 0.726. The van der Waals surface area contributed by atoms with E-state index in [4.69, 9.17) is 9.97 Å². The van der Waals surface area contributed by atoms with Crippen molar-refractivity contribution >= 4 is 43.1 Å². The maximum absolute atomic E-state index is 5.37. The molecule has 2 heteroatoms. The van der Waals surface area contributed by atoms with Crippen molar-refractivity contribution in [2.45, 2.75) is 0 Å². The van der Waals surface area contributed by atoms with Crippen LogP contribution < -0.4 is 0 Å². The molecule has 0 N–H and O–H groups in total. The average Bonchev–Trinajstić information content (AvgIpc) is 3.14. The summed E-state index contributed by atoms with van der Waals surface area (Å²) < 4.78 is 0. The van der Waals surface area contributed by atoms with Crippen LogP contribution in [0.5, 0.6) is 0 Å². The molecule has 0 atom stereocenters. The molecule has 0 saturated heterocycles. The number of hydrogen-bond acceptors (Lipinski definition) is 2. The summed E-state index contributed by atoms with van der Waals surface area (Å²) in [6, 6.07) is 60.3. The number of hydrogen-bond donors (Lipinski definition) is 0.